The molecule has 4 aliphatic carbocycles. The minimum absolute atomic E-state index is 0.165. The number of benzene rings is 3. The normalized spacial score (nSPS) is 20.4. The van der Waals surface area contributed by atoms with Gasteiger partial charge in [-0.1, -0.05) is 150 Å². The Morgan fingerprint density at radius 1 is 0.678 bits per heavy atom. The molecular formula is C67H98O4S13Si3. The fraction of sp³-hybridized carbons (Fsp3) is 0.522. The van der Waals surface area contributed by atoms with Crippen LogP contribution < -0.4 is 4.74 Å². The predicted octanol–water partition coefficient (Wildman–Crippen LogP) is 16.8. The molecule has 0 heterocycles. The lowest BCUT2D eigenvalue weighted by molar-refractivity contribution is 0.163. The van der Waals surface area contributed by atoms with E-state index in [1.54, 1.807) is 97.4 Å². The molecule has 6 atom stereocenters. The fourth-order valence-electron chi connectivity index (χ4n) is 11.7. The number of aryl methyl sites for hydroxylation is 5. The summed E-state index contributed by atoms with van der Waals surface area (Å²) in [7, 11) is 15.6. The van der Waals surface area contributed by atoms with Gasteiger partial charge in [0.1, 0.15) is 13.8 Å². The smallest absolute Gasteiger partial charge is 0.129 e. The summed E-state index contributed by atoms with van der Waals surface area (Å²) in [6.07, 6.45) is 7.28. The van der Waals surface area contributed by atoms with Gasteiger partial charge in [-0.25, -0.2) is 0 Å². The third-order valence-electron chi connectivity index (χ3n) is 16.1. The van der Waals surface area contributed by atoms with Crippen molar-refractivity contribution in [3.63, 3.8) is 0 Å². The number of methoxy groups -OCH3 is 1. The topological polar surface area (TPSA) is 69.9 Å². The molecular weight excluding hydrogens is 1370 g/mol. The number of allylic oxidation sites excluding steroid dienone is 6. The SMILES string of the molecule is C=C(C)C[C@@H](O)CC#CCC.C=C1C(c2ccc(C)c(C)c2)=C([Si](C)(C)C)C[C@@]2(C)C[C@@H](O)C[C@H]12.CC1=C2C[C@H](O)C[C@]2(C)CC([Si](C)(C)C)=C1c1ccc(C)c(C)c1.COc1ccc(C#C[Si](C)(C)C)cc1C.S=S=S=S=S=S=S=S=S=S=S=S=S. The molecule has 2 fully saturated rings. The number of fused-ring (bicyclic) bond motifs is 2. The van der Waals surface area contributed by atoms with E-state index < -0.39 is 24.2 Å². The van der Waals surface area contributed by atoms with Gasteiger partial charge in [0.15, 0.2) is 0 Å². The second-order valence-electron chi connectivity index (χ2n) is 26.9. The van der Waals surface area contributed by atoms with Gasteiger partial charge in [0, 0.05) is 138 Å². The van der Waals surface area contributed by atoms with Crippen LogP contribution in [0.25, 0.3) is 11.1 Å². The molecule has 3 N–H and O–H groups in total. The molecule has 0 radical (unpaired) electrons. The van der Waals surface area contributed by atoms with Crippen LogP contribution in [-0.4, -0.2) is 65.0 Å². The van der Waals surface area contributed by atoms with E-state index in [0.717, 1.165) is 67.4 Å². The molecule has 2 saturated carbocycles. The third-order valence-corrected chi connectivity index (χ3v) is 43.7. The Balaban J connectivity index is 0.000000295. The van der Waals surface area contributed by atoms with E-state index in [9.17, 15) is 15.3 Å². The Morgan fingerprint density at radius 2 is 1.18 bits per heavy atom. The zero-order valence-electron chi connectivity index (χ0n) is 55.3. The summed E-state index contributed by atoms with van der Waals surface area (Å²) >= 11 is 9.40. The van der Waals surface area contributed by atoms with Crippen molar-refractivity contribution in [2.24, 2.45) is 16.7 Å². The van der Waals surface area contributed by atoms with Crippen molar-refractivity contribution >= 4 is 155 Å². The van der Waals surface area contributed by atoms with Crippen molar-refractivity contribution in [1.82, 2.24) is 0 Å². The molecule has 0 amide bonds. The van der Waals surface area contributed by atoms with Crippen LogP contribution in [0.15, 0.2) is 100 Å². The first-order valence-corrected chi connectivity index (χ1v) is 56.0. The maximum Gasteiger partial charge on any atom is 0.129 e. The van der Waals surface area contributed by atoms with E-state index in [1.165, 1.54) is 79.0 Å². The van der Waals surface area contributed by atoms with Crippen molar-refractivity contribution in [2.45, 2.75) is 204 Å². The van der Waals surface area contributed by atoms with E-state index in [0.29, 0.717) is 18.8 Å². The highest BCUT2D eigenvalue weighted by Gasteiger charge is 2.50. The average Bonchev–Trinajstić information content (AvgIpc) is 1.77. The average molecular weight is 1470 g/mol. The summed E-state index contributed by atoms with van der Waals surface area (Å²) in [5.74, 6) is 10.4. The van der Waals surface area contributed by atoms with Gasteiger partial charge in [0.05, 0.1) is 41.6 Å². The van der Waals surface area contributed by atoms with Crippen LogP contribution >= 0.6 is 0 Å². The molecule has 7 rings (SSSR count). The second-order valence-corrected chi connectivity index (χ2v) is 61.3. The molecule has 4 aliphatic rings. The van der Waals surface area contributed by atoms with Gasteiger partial charge in [-0.3, -0.25) is 0 Å². The first-order chi connectivity index (χ1) is 40.6. The second kappa shape index (κ2) is 37.5. The minimum atomic E-state index is -1.47. The molecule has 480 valence electrons. The van der Waals surface area contributed by atoms with Crippen LogP contribution in [0.4, 0.5) is 0 Å². The van der Waals surface area contributed by atoms with Crippen LogP contribution in [0.3, 0.4) is 0 Å². The molecule has 87 heavy (non-hydrogen) atoms. The lowest BCUT2D eigenvalue weighted by Crippen LogP contribution is -2.37. The molecule has 0 bridgehead atoms. The Kier molecular flexibility index (Phi) is 34.5. The highest BCUT2D eigenvalue weighted by Crippen LogP contribution is 2.59. The van der Waals surface area contributed by atoms with Crippen LogP contribution in [0, 0.1) is 74.7 Å². The number of hydrogen-bond acceptors (Lipinski definition) is 6. The predicted molar refractivity (Wildman–Crippen MR) is 425 cm³/mol. The number of aliphatic hydroxyl groups is 3. The van der Waals surface area contributed by atoms with Crippen molar-refractivity contribution in [2.75, 3.05) is 7.11 Å². The molecule has 3 aromatic carbocycles. The molecule has 0 aromatic heterocycles. The van der Waals surface area contributed by atoms with Crippen molar-refractivity contribution in [3.05, 3.63) is 145 Å². The van der Waals surface area contributed by atoms with E-state index in [2.05, 4.69) is 186 Å². The highest BCUT2D eigenvalue weighted by molar-refractivity contribution is 8.75. The molecule has 0 unspecified atom stereocenters. The van der Waals surface area contributed by atoms with Gasteiger partial charge in [-0.05, 0) is 190 Å². The maximum atomic E-state index is 10.3. The quantitative estimate of drug-likeness (QED) is 0.119. The summed E-state index contributed by atoms with van der Waals surface area (Å²) in [6.45, 7) is 51.5. The van der Waals surface area contributed by atoms with E-state index in [1.807, 2.05) is 32.9 Å². The first kappa shape index (κ1) is 79.9. The summed E-state index contributed by atoms with van der Waals surface area (Å²) in [4.78, 5) is 0. The minimum Gasteiger partial charge on any atom is -0.496 e. The Labute approximate surface area is 571 Å². The zero-order chi connectivity index (χ0) is 65.7. The van der Waals surface area contributed by atoms with Crippen LogP contribution in [0.1, 0.15) is 137 Å². The lowest BCUT2D eigenvalue weighted by atomic mass is 9.67. The number of aliphatic hydroxyl groups excluding tert-OH is 3. The summed E-state index contributed by atoms with van der Waals surface area (Å²) in [5.41, 5.74) is 22.2. The van der Waals surface area contributed by atoms with Crippen LogP contribution in [0.2, 0.25) is 58.9 Å². The zero-order valence-corrected chi connectivity index (χ0v) is 69.0. The van der Waals surface area contributed by atoms with Gasteiger partial charge in [0.2, 0.25) is 0 Å². The number of rotatable bonds is 8. The first-order valence-electron chi connectivity index (χ1n) is 29.5. The van der Waals surface area contributed by atoms with Gasteiger partial charge in [-0.15, -0.1) is 24.0 Å². The van der Waals surface area contributed by atoms with Crippen LogP contribution in [0.5, 0.6) is 5.75 Å². The summed E-state index contributed by atoms with van der Waals surface area (Å²) in [6, 6.07) is 19.8. The molecule has 4 nitrogen and oxygen atoms in total. The lowest BCUT2D eigenvalue weighted by Gasteiger charge is -2.44. The van der Waals surface area contributed by atoms with Gasteiger partial charge in [0.25, 0.3) is 0 Å². The molecule has 0 aliphatic heterocycles. The van der Waals surface area contributed by atoms with Crippen molar-refractivity contribution < 1.29 is 20.1 Å². The fourth-order valence-corrected chi connectivity index (χ4v) is 40.9. The van der Waals surface area contributed by atoms with Crippen molar-refractivity contribution in [1.29, 1.82) is 0 Å². The van der Waals surface area contributed by atoms with E-state index in [4.69, 9.17) is 27.1 Å². The summed E-state index contributed by atoms with van der Waals surface area (Å²) < 4.78 is 5.21. The maximum absolute atomic E-state index is 10.3. The molecule has 0 saturated heterocycles. The largest absolute Gasteiger partial charge is 0.496 e. The molecule has 3 aromatic rings. The van der Waals surface area contributed by atoms with E-state index >= 15 is 0 Å². The van der Waals surface area contributed by atoms with Gasteiger partial charge in [-0.2, -0.15) is 0 Å². The van der Waals surface area contributed by atoms with Gasteiger partial charge >= 0.3 is 0 Å². The summed E-state index contributed by atoms with van der Waals surface area (Å²) in [5, 5.41) is 33.3. The Bertz CT molecular complexity index is 3700. The number of hydrogen-bond donors (Lipinski definition) is 3. The Morgan fingerprint density at radius 3 is 1.63 bits per heavy atom. The monoisotopic (exact) mass is 1470 g/mol. The van der Waals surface area contributed by atoms with E-state index in [-0.39, 0.29) is 29.1 Å². The third kappa shape index (κ3) is 26.2. The molecule has 0 spiro atoms. The van der Waals surface area contributed by atoms with Gasteiger partial charge < -0.3 is 20.1 Å². The van der Waals surface area contributed by atoms with Crippen LogP contribution in [-0.2, 0) is 120 Å². The standard InChI is InChI=1S/2C22H32OSi.C13H18OSi.C10H16O.S13/c2*1-14-8-9-17(10-15(14)2)21-16(3)19-11-18(23)12-22(19,4)13-20(21)24(5,6)7;1-11-10-12(6-7-13(11)14-2)8-9-15(3,4)5;1-4-5-6-7-10(11)8-9(2)3;1-3-5-7-9-11-13-12-10-8-6-4-2/h8-10,18,23H,11-13H2,1-7H3;8-10,18-19,23H,3,11-13H2,1-2,4-7H3;6-7,10H,1-5H3;10-11H,2,4,7-8H2,1,3H3;/t18-,22+;18-,19+,22+;;10-;/m00.0./s1. The molecule has 20 heteroatoms. The highest BCUT2D eigenvalue weighted by atomic mass is 33.5. The Hall–Kier alpha value is -1.33. The van der Waals surface area contributed by atoms with Crippen molar-refractivity contribution in [3.8, 4) is 29.1 Å². The number of ether oxygens (including phenoxy) is 1.